The molecule has 0 atom stereocenters. The van der Waals surface area contributed by atoms with E-state index in [0.29, 0.717) is 29.3 Å². The van der Waals surface area contributed by atoms with Crippen LogP contribution in [0.25, 0.3) is 5.52 Å². The Hall–Kier alpha value is -3.45. The SMILES string of the molecule is CCc1cc2cc(C(=O)N(CC(=O)O)C(C)C)ccn2c1C(=O)c1ccc(CCCN(CC)C(C)C)cc1. The van der Waals surface area contributed by atoms with Crippen molar-refractivity contribution in [2.45, 2.75) is 72.9 Å². The molecule has 7 nitrogen and oxygen atoms in total. The molecule has 1 aromatic carbocycles. The Morgan fingerprint density at radius 3 is 2.16 bits per heavy atom. The van der Waals surface area contributed by atoms with Crippen molar-refractivity contribution in [1.29, 1.82) is 0 Å². The van der Waals surface area contributed by atoms with Gasteiger partial charge in [-0.2, -0.15) is 0 Å². The molecule has 0 bridgehead atoms. The molecule has 0 aliphatic carbocycles. The van der Waals surface area contributed by atoms with Crippen LogP contribution in [0.4, 0.5) is 0 Å². The van der Waals surface area contributed by atoms with Gasteiger partial charge in [0.05, 0.1) is 5.69 Å². The summed E-state index contributed by atoms with van der Waals surface area (Å²) in [5.74, 6) is -1.45. The van der Waals surface area contributed by atoms with E-state index in [4.69, 9.17) is 0 Å². The number of carboxylic acid groups (broad SMARTS) is 1. The van der Waals surface area contributed by atoms with Crippen molar-refractivity contribution in [3.05, 3.63) is 76.6 Å². The number of carbonyl (C=O) groups excluding carboxylic acids is 2. The van der Waals surface area contributed by atoms with Gasteiger partial charge in [0.2, 0.25) is 5.78 Å². The fourth-order valence-electron chi connectivity index (χ4n) is 4.92. The van der Waals surface area contributed by atoms with E-state index in [2.05, 4.69) is 25.7 Å². The number of aliphatic carboxylic acids is 1. The molecule has 0 spiro atoms. The van der Waals surface area contributed by atoms with Gasteiger partial charge < -0.3 is 19.3 Å². The van der Waals surface area contributed by atoms with Gasteiger partial charge in [-0.25, -0.2) is 0 Å². The first-order valence-electron chi connectivity index (χ1n) is 13.6. The third kappa shape index (κ3) is 6.70. The standard InChI is InChI=1S/C31H41N3O4/c1-7-24-18-27-19-26(31(38)34(22(5)6)20-28(35)36)15-17-33(27)29(24)30(37)25-13-11-23(12-14-25)10-9-16-32(8-2)21(3)4/h11-15,17-19,21-22H,7-10,16,20H2,1-6H3,(H,35,36). The fraction of sp³-hybridized carbons (Fsp3) is 0.452. The van der Waals surface area contributed by atoms with Crippen LogP contribution in [0.1, 0.15) is 85.5 Å². The average Bonchev–Trinajstić information content (AvgIpc) is 3.26. The van der Waals surface area contributed by atoms with Gasteiger partial charge in [0.25, 0.3) is 5.91 Å². The first-order chi connectivity index (χ1) is 18.1. The van der Waals surface area contributed by atoms with Crippen molar-refractivity contribution in [1.82, 2.24) is 14.2 Å². The summed E-state index contributed by atoms with van der Waals surface area (Å²) in [6.07, 6.45) is 4.45. The van der Waals surface area contributed by atoms with Crippen LogP contribution in [0.2, 0.25) is 0 Å². The molecule has 1 amide bonds. The summed E-state index contributed by atoms with van der Waals surface area (Å²) in [6.45, 7) is 14.0. The molecule has 2 aromatic heterocycles. The summed E-state index contributed by atoms with van der Waals surface area (Å²) in [6, 6.07) is 13.5. The van der Waals surface area contributed by atoms with Gasteiger partial charge in [0.1, 0.15) is 6.54 Å². The van der Waals surface area contributed by atoms with E-state index in [9.17, 15) is 19.5 Å². The van der Waals surface area contributed by atoms with Crippen LogP contribution in [-0.2, 0) is 17.6 Å². The van der Waals surface area contributed by atoms with Gasteiger partial charge in [0.15, 0.2) is 0 Å². The molecule has 0 radical (unpaired) electrons. The Labute approximate surface area is 226 Å². The molecular weight excluding hydrogens is 478 g/mol. The number of hydrogen-bond acceptors (Lipinski definition) is 4. The highest BCUT2D eigenvalue weighted by atomic mass is 16.4. The second kappa shape index (κ2) is 12.9. The number of hydrogen-bond donors (Lipinski definition) is 1. The van der Waals surface area contributed by atoms with Crippen molar-refractivity contribution in [3.8, 4) is 0 Å². The molecule has 0 fully saturated rings. The summed E-state index contributed by atoms with van der Waals surface area (Å²) < 4.78 is 1.83. The lowest BCUT2D eigenvalue weighted by Crippen LogP contribution is -2.40. The minimum atomic E-state index is -1.05. The number of nitrogens with zero attached hydrogens (tertiary/aromatic N) is 3. The first kappa shape index (κ1) is 29.1. The first-order valence-corrected chi connectivity index (χ1v) is 13.6. The van der Waals surface area contributed by atoms with Gasteiger partial charge in [0, 0.05) is 34.9 Å². The van der Waals surface area contributed by atoms with Crippen LogP contribution in [-0.4, -0.2) is 68.7 Å². The number of amides is 1. The zero-order valence-electron chi connectivity index (χ0n) is 23.5. The van der Waals surface area contributed by atoms with Crippen LogP contribution < -0.4 is 0 Å². The molecule has 0 aliphatic heterocycles. The molecule has 0 aliphatic rings. The number of pyridine rings is 1. The van der Waals surface area contributed by atoms with Crippen molar-refractivity contribution >= 4 is 23.2 Å². The molecule has 38 heavy (non-hydrogen) atoms. The molecule has 0 saturated carbocycles. The van der Waals surface area contributed by atoms with Gasteiger partial charge in [-0.1, -0.05) is 38.1 Å². The highest BCUT2D eigenvalue weighted by Gasteiger charge is 2.23. The van der Waals surface area contributed by atoms with Gasteiger partial charge >= 0.3 is 5.97 Å². The highest BCUT2D eigenvalue weighted by molar-refractivity contribution is 6.10. The minimum absolute atomic E-state index is 0.0564. The molecule has 3 aromatic rings. The average molecular weight is 520 g/mol. The summed E-state index contributed by atoms with van der Waals surface area (Å²) in [5.41, 5.74) is 4.48. The minimum Gasteiger partial charge on any atom is -0.480 e. The Bertz CT molecular complexity index is 1270. The van der Waals surface area contributed by atoms with E-state index >= 15 is 0 Å². The van der Waals surface area contributed by atoms with E-state index in [1.807, 2.05) is 41.7 Å². The number of carboxylic acids is 1. The number of carbonyl (C=O) groups is 3. The second-order valence-corrected chi connectivity index (χ2v) is 10.4. The predicted octanol–water partition coefficient (Wildman–Crippen LogP) is 5.33. The third-order valence-electron chi connectivity index (χ3n) is 7.15. The number of fused-ring (bicyclic) bond motifs is 1. The molecule has 1 N–H and O–H groups in total. The topological polar surface area (TPSA) is 82.3 Å². The maximum Gasteiger partial charge on any atom is 0.323 e. The Kier molecular flexibility index (Phi) is 9.86. The lowest BCUT2D eigenvalue weighted by atomic mass is 10.0. The fourth-order valence-corrected chi connectivity index (χ4v) is 4.92. The van der Waals surface area contributed by atoms with Gasteiger partial charge in [-0.3, -0.25) is 14.4 Å². The van der Waals surface area contributed by atoms with E-state index in [-0.39, 0.29) is 24.3 Å². The molecule has 2 heterocycles. The maximum atomic E-state index is 13.6. The summed E-state index contributed by atoms with van der Waals surface area (Å²) in [4.78, 5) is 41.7. The normalized spacial score (nSPS) is 11.6. The molecule has 0 unspecified atom stereocenters. The number of ketones is 1. The van der Waals surface area contributed by atoms with Gasteiger partial charge in [-0.05, 0) is 89.4 Å². The molecular formula is C31H41N3O4. The molecule has 3 rings (SSSR count). The largest absolute Gasteiger partial charge is 0.480 e. The zero-order chi connectivity index (χ0) is 28.0. The van der Waals surface area contributed by atoms with Gasteiger partial charge in [-0.15, -0.1) is 0 Å². The van der Waals surface area contributed by atoms with Crippen molar-refractivity contribution in [2.75, 3.05) is 19.6 Å². The second-order valence-electron chi connectivity index (χ2n) is 10.4. The monoisotopic (exact) mass is 519 g/mol. The van der Waals surface area contributed by atoms with Crippen LogP contribution >= 0.6 is 0 Å². The van der Waals surface area contributed by atoms with E-state index < -0.39 is 5.97 Å². The van der Waals surface area contributed by atoms with Crippen molar-refractivity contribution in [2.24, 2.45) is 0 Å². The van der Waals surface area contributed by atoms with Crippen LogP contribution in [0.15, 0.2) is 48.7 Å². The number of rotatable bonds is 13. The Morgan fingerprint density at radius 1 is 0.921 bits per heavy atom. The lowest BCUT2D eigenvalue weighted by Gasteiger charge is -2.25. The molecule has 7 heteroatoms. The number of benzene rings is 1. The number of aryl methyl sites for hydroxylation is 2. The maximum absolute atomic E-state index is 13.6. The quantitative estimate of drug-likeness (QED) is 0.309. The molecule has 204 valence electrons. The van der Waals surface area contributed by atoms with Crippen molar-refractivity contribution in [3.63, 3.8) is 0 Å². The summed E-state index contributed by atoms with van der Waals surface area (Å²) >= 11 is 0. The Balaban J connectivity index is 1.82. The summed E-state index contributed by atoms with van der Waals surface area (Å²) in [7, 11) is 0. The third-order valence-corrected chi connectivity index (χ3v) is 7.15. The number of aromatic nitrogens is 1. The predicted molar refractivity (Wildman–Crippen MR) is 151 cm³/mol. The van der Waals surface area contributed by atoms with Crippen LogP contribution in [0.5, 0.6) is 0 Å². The zero-order valence-corrected chi connectivity index (χ0v) is 23.5. The van der Waals surface area contributed by atoms with Crippen LogP contribution in [0, 0.1) is 0 Å². The van der Waals surface area contributed by atoms with Crippen LogP contribution in [0.3, 0.4) is 0 Å². The van der Waals surface area contributed by atoms with Crippen molar-refractivity contribution < 1.29 is 19.5 Å². The van der Waals surface area contributed by atoms with E-state index in [1.54, 1.807) is 32.2 Å². The lowest BCUT2D eigenvalue weighted by molar-refractivity contribution is -0.138. The Morgan fingerprint density at radius 2 is 1.61 bits per heavy atom. The summed E-state index contributed by atoms with van der Waals surface area (Å²) in [5, 5.41) is 9.22. The smallest absolute Gasteiger partial charge is 0.323 e. The molecule has 0 saturated heterocycles. The van der Waals surface area contributed by atoms with E-state index in [0.717, 1.165) is 37.0 Å². The highest BCUT2D eigenvalue weighted by Crippen LogP contribution is 2.23. The van der Waals surface area contributed by atoms with E-state index in [1.165, 1.54) is 10.5 Å².